The Balaban J connectivity index is 0.000000605. The molecule has 0 spiro atoms. The average Bonchev–Trinajstić information content (AvgIpc) is 2.05. The van der Waals surface area contributed by atoms with Crippen LogP contribution in [0.2, 0.25) is 0 Å². The van der Waals surface area contributed by atoms with Crippen LogP contribution in [-0.2, 0) is 0 Å². The van der Waals surface area contributed by atoms with Gasteiger partial charge in [-0.05, 0) is 0 Å². The number of pyridine rings is 1. The molecule has 0 aliphatic heterocycles. The van der Waals surface area contributed by atoms with Crippen LogP contribution in [0.5, 0.6) is 0 Å². The Labute approximate surface area is 77.6 Å². The molecule has 0 atom stereocenters. The smallest absolute Gasteiger partial charge is 0.394 e. The molecule has 0 bridgehead atoms. The summed E-state index contributed by atoms with van der Waals surface area (Å²) in [5.41, 5.74) is 0. The first-order valence-corrected chi connectivity index (χ1v) is 3.18. The maximum Gasteiger partial charge on any atom is 1.00 e. The van der Waals surface area contributed by atoms with Gasteiger partial charge in [0, 0.05) is 0 Å². The Bertz CT molecular complexity index is 281. The van der Waals surface area contributed by atoms with Crippen molar-refractivity contribution in [3.8, 4) is 0 Å². The molecule has 0 saturated heterocycles. The molecule has 1 aromatic heterocycles. The van der Waals surface area contributed by atoms with Crippen molar-refractivity contribution in [3.63, 3.8) is 0 Å². The molecular formula is C9H6LiN. The van der Waals surface area contributed by atoms with E-state index in [0.717, 1.165) is 0 Å². The molecule has 0 aliphatic rings. The van der Waals surface area contributed by atoms with Crippen molar-refractivity contribution in [2.24, 2.45) is 0 Å². The summed E-state index contributed by atoms with van der Waals surface area (Å²) in [4.78, 5) is 3.89. The Morgan fingerprint density at radius 2 is 1.82 bits per heavy atom. The molecule has 11 heavy (non-hydrogen) atoms. The zero-order valence-corrected chi connectivity index (χ0v) is 6.41. The third kappa shape index (κ3) is 1.62. The molecule has 1 nitrogen and oxygen atoms in total. The number of rotatable bonds is 0. The van der Waals surface area contributed by atoms with Crippen LogP contribution in [0.25, 0.3) is 10.8 Å². The van der Waals surface area contributed by atoms with Crippen LogP contribution in [0.3, 0.4) is 0 Å². The van der Waals surface area contributed by atoms with E-state index >= 15 is 0 Å². The minimum atomic E-state index is 0. The monoisotopic (exact) mass is 135 g/mol. The van der Waals surface area contributed by atoms with Crippen LogP contribution in [0.1, 0.15) is 0 Å². The summed E-state index contributed by atoms with van der Waals surface area (Å²) >= 11 is 0. The van der Waals surface area contributed by atoms with E-state index in [9.17, 15) is 0 Å². The molecule has 0 saturated carbocycles. The van der Waals surface area contributed by atoms with Crippen LogP contribution >= 0.6 is 0 Å². The van der Waals surface area contributed by atoms with Crippen molar-refractivity contribution in [1.29, 1.82) is 0 Å². The summed E-state index contributed by atoms with van der Waals surface area (Å²) in [5.74, 6) is 0. The molecule has 0 aliphatic carbocycles. The zero-order valence-electron chi connectivity index (χ0n) is 6.41. The third-order valence-electron chi connectivity index (χ3n) is 1.49. The fourth-order valence-electron chi connectivity index (χ4n) is 0.974. The fourth-order valence-corrected chi connectivity index (χ4v) is 0.974. The van der Waals surface area contributed by atoms with Crippen LogP contribution in [0.15, 0.2) is 36.5 Å². The fraction of sp³-hybridized carbons (Fsp3) is 0. The van der Waals surface area contributed by atoms with Crippen LogP contribution in [-0.4, -0.2) is 4.98 Å². The Morgan fingerprint density at radius 1 is 1.09 bits per heavy atom. The second-order valence-corrected chi connectivity index (χ2v) is 2.16. The van der Waals surface area contributed by atoms with Gasteiger partial charge in [0.15, 0.2) is 0 Å². The molecule has 0 N–H and O–H groups in total. The number of hydrogen-bond acceptors (Lipinski definition) is 1. The van der Waals surface area contributed by atoms with Gasteiger partial charge >= 0.3 is 18.9 Å². The molecule has 1 heterocycles. The molecule has 0 amide bonds. The normalized spacial score (nSPS) is 9.09. The van der Waals surface area contributed by atoms with Gasteiger partial charge in [-0.2, -0.15) is 6.07 Å². The molecule has 0 unspecified atom stereocenters. The van der Waals surface area contributed by atoms with E-state index in [1.807, 2.05) is 36.5 Å². The van der Waals surface area contributed by atoms with Gasteiger partial charge in [0.2, 0.25) is 0 Å². The van der Waals surface area contributed by atoms with E-state index in [4.69, 9.17) is 0 Å². The second kappa shape index (κ2) is 3.57. The van der Waals surface area contributed by atoms with Crippen molar-refractivity contribution in [1.82, 2.24) is 4.98 Å². The number of nitrogens with zero attached hydrogens (tertiary/aromatic N) is 1. The average molecular weight is 135 g/mol. The Hall–Kier alpha value is -0.773. The maximum absolute atomic E-state index is 3.89. The quantitative estimate of drug-likeness (QED) is 0.335. The Morgan fingerprint density at radius 3 is 2.55 bits per heavy atom. The van der Waals surface area contributed by atoms with Crippen molar-refractivity contribution >= 4 is 10.8 Å². The van der Waals surface area contributed by atoms with Crippen molar-refractivity contribution in [2.75, 3.05) is 0 Å². The standard InChI is InChI=1S/C9H6N.Li/c1-2-4-9-7-10-6-5-8(9)3-1;/h1-5,7H;/q-1;+1. The predicted molar refractivity (Wildman–Crippen MR) is 40.6 cm³/mol. The third-order valence-corrected chi connectivity index (χ3v) is 1.49. The van der Waals surface area contributed by atoms with Crippen LogP contribution < -0.4 is 18.9 Å². The summed E-state index contributed by atoms with van der Waals surface area (Å²) in [6.07, 6.45) is 4.60. The number of fused-ring (bicyclic) bond motifs is 1. The van der Waals surface area contributed by atoms with Crippen molar-refractivity contribution in [2.45, 2.75) is 0 Å². The topological polar surface area (TPSA) is 12.9 Å². The summed E-state index contributed by atoms with van der Waals surface area (Å²) < 4.78 is 0. The van der Waals surface area contributed by atoms with E-state index in [1.165, 1.54) is 10.8 Å². The molecule has 2 heteroatoms. The van der Waals surface area contributed by atoms with Gasteiger partial charge in [0.25, 0.3) is 0 Å². The van der Waals surface area contributed by atoms with Crippen molar-refractivity contribution in [3.05, 3.63) is 42.7 Å². The summed E-state index contributed by atoms with van der Waals surface area (Å²) in [5, 5.41) is 2.36. The zero-order chi connectivity index (χ0) is 6.81. The van der Waals surface area contributed by atoms with E-state index in [0.29, 0.717) is 0 Å². The molecule has 48 valence electrons. The van der Waals surface area contributed by atoms with Crippen LogP contribution in [0.4, 0.5) is 0 Å². The molecule has 2 aromatic rings. The summed E-state index contributed by atoms with van der Waals surface area (Å²) in [6, 6.07) is 9.99. The first kappa shape index (κ1) is 8.33. The summed E-state index contributed by atoms with van der Waals surface area (Å²) in [6.45, 7) is 0. The minimum absolute atomic E-state index is 0. The van der Waals surface area contributed by atoms with E-state index in [-0.39, 0.29) is 18.9 Å². The van der Waals surface area contributed by atoms with Crippen LogP contribution in [0, 0.1) is 6.20 Å². The number of benzene rings is 1. The van der Waals surface area contributed by atoms with E-state index < -0.39 is 0 Å². The molecule has 2 rings (SSSR count). The van der Waals surface area contributed by atoms with E-state index in [2.05, 4.69) is 11.2 Å². The number of hydrogen-bond donors (Lipinski definition) is 0. The first-order chi connectivity index (χ1) is 4.97. The molecular weight excluding hydrogens is 129 g/mol. The van der Waals surface area contributed by atoms with Crippen molar-refractivity contribution < 1.29 is 18.9 Å². The van der Waals surface area contributed by atoms with Gasteiger partial charge in [-0.1, -0.05) is 30.6 Å². The molecule has 0 fully saturated rings. The Kier molecular flexibility index (Phi) is 2.70. The minimum Gasteiger partial charge on any atom is -0.394 e. The molecule has 0 radical (unpaired) electrons. The van der Waals surface area contributed by atoms with Gasteiger partial charge in [-0.15, -0.1) is 16.8 Å². The second-order valence-electron chi connectivity index (χ2n) is 2.16. The molecule has 1 aromatic carbocycles. The van der Waals surface area contributed by atoms with Gasteiger partial charge in [0.1, 0.15) is 0 Å². The van der Waals surface area contributed by atoms with Gasteiger partial charge < -0.3 is 4.98 Å². The van der Waals surface area contributed by atoms with E-state index in [1.54, 1.807) is 0 Å². The van der Waals surface area contributed by atoms with Gasteiger partial charge in [-0.25, -0.2) is 0 Å². The number of aromatic nitrogens is 1. The SMILES string of the molecule is [Li+].[c-]1cc2ccccc2cn1. The van der Waals surface area contributed by atoms with Gasteiger partial charge in [0.05, 0.1) is 0 Å². The maximum atomic E-state index is 3.89. The first-order valence-electron chi connectivity index (χ1n) is 3.18. The largest absolute Gasteiger partial charge is 1.00 e. The summed E-state index contributed by atoms with van der Waals surface area (Å²) in [7, 11) is 0. The van der Waals surface area contributed by atoms with Gasteiger partial charge in [-0.3, -0.25) is 0 Å². The predicted octanol–water partition coefficient (Wildman–Crippen LogP) is -0.961.